The van der Waals surface area contributed by atoms with Crippen LogP contribution in [0.2, 0.25) is 0 Å². The van der Waals surface area contributed by atoms with E-state index in [1.807, 2.05) is 0 Å². The van der Waals surface area contributed by atoms with Crippen LogP contribution in [-0.4, -0.2) is 78.5 Å². The normalized spacial score (nSPS) is 20.5. The van der Waals surface area contributed by atoms with Gasteiger partial charge in [-0.3, -0.25) is 4.39 Å². The van der Waals surface area contributed by atoms with Crippen molar-refractivity contribution in [2.45, 2.75) is 91.6 Å². The molecular weight excluding hydrogens is 701 g/mol. The van der Waals surface area contributed by atoms with Gasteiger partial charge in [-0.25, -0.2) is 48.3 Å². The second-order valence-electron chi connectivity index (χ2n) is 8.87. The van der Waals surface area contributed by atoms with Crippen LogP contribution in [0, 0.1) is 5.92 Å². The van der Waals surface area contributed by atoms with Crippen molar-refractivity contribution in [3.05, 3.63) is 11.4 Å². The first-order chi connectivity index (χ1) is 18.7. The van der Waals surface area contributed by atoms with E-state index in [2.05, 4.69) is 11.6 Å². The molecule has 5 atom stereocenters. The number of halogens is 24. The van der Waals surface area contributed by atoms with Crippen LogP contribution in [-0.2, 0) is 0 Å². The summed E-state index contributed by atoms with van der Waals surface area (Å²) in [5.74, 6) is -48.1. The second-order valence-corrected chi connectivity index (χ2v) is 9.31. The number of alkyl halides is 22. The number of hydrogen-bond acceptors (Lipinski definition) is 0. The summed E-state index contributed by atoms with van der Waals surface area (Å²) in [4.78, 5) is 0. The molecule has 43 heavy (non-hydrogen) atoms. The zero-order chi connectivity index (χ0) is 35.2. The molecule has 0 N–H and O–H groups in total. The van der Waals surface area contributed by atoms with E-state index in [0.29, 0.717) is 0 Å². The number of hydrogen-bond donors (Lipinski definition) is 0. The quantitative estimate of drug-likeness (QED) is 0.148. The smallest absolute Gasteiger partial charge is 0.251 e. The summed E-state index contributed by atoms with van der Waals surface area (Å²) in [7, 11) is 0. The van der Waals surface area contributed by atoms with Gasteiger partial charge in [0, 0.05) is 6.42 Å². The average Bonchev–Trinajstić information content (AvgIpc) is 2.87. The molecule has 0 aliphatic rings. The maximum absolute atomic E-state index is 14.7. The molecule has 0 aromatic carbocycles. The minimum absolute atomic E-state index is 0.448. The predicted octanol–water partition coefficient (Wildman–Crippen LogP) is 10.2. The third-order valence-corrected chi connectivity index (χ3v) is 6.29. The van der Waals surface area contributed by atoms with E-state index in [0.717, 1.165) is 0 Å². The molecule has 0 saturated heterocycles. The topological polar surface area (TPSA) is 0 Å². The maximum atomic E-state index is 14.7. The summed E-state index contributed by atoms with van der Waals surface area (Å²) >= 11 is 4.37. The second kappa shape index (κ2) is 12.3. The van der Waals surface area contributed by atoms with Crippen molar-refractivity contribution in [1.82, 2.24) is 0 Å². The first-order valence-corrected chi connectivity index (χ1v) is 10.9. The zero-order valence-electron chi connectivity index (χ0n) is 20.1. The van der Waals surface area contributed by atoms with E-state index in [-0.39, 0.29) is 0 Å². The Hall–Kier alpha value is -1.58. The number of rotatable bonds is 15. The van der Waals surface area contributed by atoms with Gasteiger partial charge in [-0.05, 0) is 6.42 Å². The van der Waals surface area contributed by atoms with Gasteiger partial charge in [-0.1, -0.05) is 18.5 Å². The Kier molecular flexibility index (Phi) is 11.9. The van der Waals surface area contributed by atoms with Crippen LogP contribution in [0.3, 0.4) is 0 Å². The largest absolute Gasteiger partial charge is 0.434 e. The molecule has 0 nitrogen and oxygen atoms in total. The number of allylic oxidation sites excluding steroid dienone is 1. The summed E-state index contributed by atoms with van der Waals surface area (Å²) in [5, 5.41) is -2.65. The molecular formula is C19H14ClF23. The lowest BCUT2D eigenvalue weighted by Gasteiger charge is -2.46. The lowest BCUT2D eigenvalue weighted by Crippen LogP contribution is -2.75. The van der Waals surface area contributed by atoms with Crippen LogP contribution >= 0.6 is 11.6 Å². The molecule has 0 saturated carbocycles. The molecule has 0 amide bonds. The minimum atomic E-state index is -8.02. The van der Waals surface area contributed by atoms with Crippen LogP contribution < -0.4 is 0 Å². The highest BCUT2D eigenvalue weighted by molar-refractivity contribution is 6.30. The summed E-state index contributed by atoms with van der Waals surface area (Å²) in [6.45, 7) is -3.29. The van der Waals surface area contributed by atoms with E-state index in [1.54, 1.807) is 0 Å². The Bertz CT molecular complexity index is 972. The van der Waals surface area contributed by atoms with E-state index in [9.17, 15) is 101 Å². The van der Waals surface area contributed by atoms with E-state index in [4.69, 9.17) is 0 Å². The highest BCUT2D eigenvalue weighted by Crippen LogP contribution is 2.63. The molecule has 0 spiro atoms. The van der Waals surface area contributed by atoms with Crippen molar-refractivity contribution < 1.29 is 101 Å². The molecule has 0 heterocycles. The maximum Gasteiger partial charge on any atom is 0.434 e. The van der Waals surface area contributed by atoms with E-state index >= 15 is 0 Å². The molecule has 0 radical (unpaired) electrons. The molecule has 0 fully saturated rings. The van der Waals surface area contributed by atoms with Gasteiger partial charge in [0.05, 0.1) is 17.6 Å². The van der Waals surface area contributed by atoms with Gasteiger partial charge in [0.2, 0.25) is 18.0 Å². The van der Waals surface area contributed by atoms with Gasteiger partial charge in [0.25, 0.3) is 12.3 Å². The molecule has 0 aliphatic heterocycles. The lowest BCUT2D eigenvalue weighted by molar-refractivity contribution is -0.404. The molecule has 0 aliphatic carbocycles. The highest BCUT2D eigenvalue weighted by Gasteiger charge is 2.90. The van der Waals surface area contributed by atoms with Gasteiger partial charge in [-0.15, -0.1) is 0 Å². The van der Waals surface area contributed by atoms with Crippen molar-refractivity contribution in [3.63, 3.8) is 0 Å². The molecule has 24 heteroatoms. The van der Waals surface area contributed by atoms with Crippen LogP contribution in [0.1, 0.15) is 19.8 Å². The molecule has 258 valence electrons. The Morgan fingerprint density at radius 1 is 0.651 bits per heavy atom. The van der Waals surface area contributed by atoms with Crippen molar-refractivity contribution in [1.29, 1.82) is 0 Å². The summed E-state index contributed by atoms with van der Waals surface area (Å²) in [6.07, 6.45) is -34.5. The van der Waals surface area contributed by atoms with Crippen LogP contribution in [0.25, 0.3) is 0 Å². The Morgan fingerprint density at radius 3 is 1.40 bits per heavy atom. The summed E-state index contributed by atoms with van der Waals surface area (Å²) in [5.41, 5.74) is -14.9. The SMILES string of the molecule is CC(CF)C(F)(F)C(F)(C(F)(F)F)C(F)(F)C(F)(CCC(F)(F)C(F)C(F)(F)C(F)(F)C(F)(F)C(F)C(Cl)=CF)C(F)F. The van der Waals surface area contributed by atoms with Crippen molar-refractivity contribution in [2.24, 2.45) is 5.92 Å². The predicted molar refractivity (Wildman–Crippen MR) is 98.6 cm³/mol. The van der Waals surface area contributed by atoms with Gasteiger partial charge in [-0.2, -0.15) is 48.3 Å². The third kappa shape index (κ3) is 6.29. The molecule has 0 aromatic rings. The zero-order valence-corrected chi connectivity index (χ0v) is 20.8. The monoisotopic (exact) mass is 714 g/mol. The fourth-order valence-electron chi connectivity index (χ4n) is 3.21. The first-order valence-electron chi connectivity index (χ1n) is 10.5. The van der Waals surface area contributed by atoms with Gasteiger partial charge in [0.15, 0.2) is 0 Å². The van der Waals surface area contributed by atoms with Crippen LogP contribution in [0.15, 0.2) is 11.4 Å². The van der Waals surface area contributed by atoms with E-state index < -0.39 is 116 Å². The molecule has 0 aromatic heterocycles. The average molecular weight is 715 g/mol. The van der Waals surface area contributed by atoms with Crippen LogP contribution in [0.4, 0.5) is 101 Å². The third-order valence-electron chi connectivity index (χ3n) is 6.01. The van der Waals surface area contributed by atoms with E-state index in [1.165, 1.54) is 0 Å². The van der Waals surface area contributed by atoms with Crippen LogP contribution in [0.5, 0.6) is 0 Å². The van der Waals surface area contributed by atoms with Gasteiger partial charge in [0.1, 0.15) is 6.33 Å². The summed E-state index contributed by atoms with van der Waals surface area (Å²) < 4.78 is 314. The van der Waals surface area contributed by atoms with Gasteiger partial charge < -0.3 is 0 Å². The fraction of sp³-hybridized carbons (Fsp3) is 0.895. The minimum Gasteiger partial charge on any atom is -0.251 e. The lowest BCUT2D eigenvalue weighted by atomic mass is 9.74. The van der Waals surface area contributed by atoms with Crippen molar-refractivity contribution in [2.75, 3.05) is 6.67 Å². The molecule has 0 rings (SSSR count). The van der Waals surface area contributed by atoms with Crippen molar-refractivity contribution >= 4 is 11.6 Å². The van der Waals surface area contributed by atoms with Gasteiger partial charge >= 0.3 is 41.5 Å². The first kappa shape index (κ1) is 41.4. The Balaban J connectivity index is 6.89. The summed E-state index contributed by atoms with van der Waals surface area (Å²) in [6, 6.07) is 0. The molecule has 5 unspecified atom stereocenters. The van der Waals surface area contributed by atoms with Crippen molar-refractivity contribution in [3.8, 4) is 0 Å². The molecule has 0 bridgehead atoms. The Morgan fingerprint density at radius 2 is 1.07 bits per heavy atom. The standard InChI is InChI=1S/C19H14ClF23/c1-6(4-21)13(30,31)16(36,19(41,42)43)17(37,38)11(27,10(25)26)2-3-12(28,29)9(24)15(34,35)18(39,40)14(32,33)8(23)7(20)5-22/h5-6,8-10H,2-4H2,1H3. The Labute approximate surface area is 229 Å². The highest BCUT2D eigenvalue weighted by atomic mass is 35.5. The fourth-order valence-corrected chi connectivity index (χ4v) is 3.35.